The summed E-state index contributed by atoms with van der Waals surface area (Å²) in [5.41, 5.74) is -0.166. The highest BCUT2D eigenvalue weighted by molar-refractivity contribution is 5.80. The van der Waals surface area contributed by atoms with E-state index < -0.39 is 31.3 Å². The molecule has 0 saturated carbocycles. The van der Waals surface area contributed by atoms with Gasteiger partial charge in [0.1, 0.15) is 13.1 Å². The van der Waals surface area contributed by atoms with Crippen LogP contribution in [-0.2, 0) is 4.79 Å². The third-order valence-electron chi connectivity index (χ3n) is 3.14. The third-order valence-corrected chi connectivity index (χ3v) is 3.14. The molecule has 0 radical (unpaired) electrons. The maximum Gasteiger partial charge on any atom is 0.406 e. The molecule has 0 aromatic carbocycles. The fourth-order valence-corrected chi connectivity index (χ4v) is 2.36. The van der Waals surface area contributed by atoms with Gasteiger partial charge in [0, 0.05) is 13.1 Å². The van der Waals surface area contributed by atoms with Crippen molar-refractivity contribution in [2.75, 3.05) is 26.2 Å². The molecule has 1 heterocycles. The Labute approximate surface area is 115 Å². The number of rotatable bonds is 3. The van der Waals surface area contributed by atoms with E-state index in [0.717, 1.165) is 6.42 Å². The van der Waals surface area contributed by atoms with Crippen LogP contribution >= 0.6 is 0 Å². The second kappa shape index (κ2) is 5.88. The van der Waals surface area contributed by atoms with Crippen molar-refractivity contribution in [2.45, 2.75) is 32.9 Å². The Balaban J connectivity index is 2.79. The second-order valence-electron chi connectivity index (χ2n) is 5.84. The summed E-state index contributed by atoms with van der Waals surface area (Å²) < 4.78 is 37.3. The maximum absolute atomic E-state index is 12.4. The van der Waals surface area contributed by atoms with Crippen LogP contribution in [0.1, 0.15) is 26.7 Å². The number of likely N-dealkylation sites (tertiary alicyclic amines) is 1. The number of carbonyl (C=O) groups is 2. The summed E-state index contributed by atoms with van der Waals surface area (Å²) in [5.74, 6) is -1.46. The largest absolute Gasteiger partial charge is 0.480 e. The van der Waals surface area contributed by atoms with Crippen molar-refractivity contribution in [1.82, 2.24) is 9.80 Å². The summed E-state index contributed by atoms with van der Waals surface area (Å²) in [6.45, 7) is 2.05. The highest BCUT2D eigenvalue weighted by atomic mass is 19.4. The summed E-state index contributed by atoms with van der Waals surface area (Å²) in [6.07, 6.45) is -3.03. The van der Waals surface area contributed by atoms with Gasteiger partial charge in [-0.2, -0.15) is 13.2 Å². The number of piperidine rings is 1. The molecular formula is C12H19F3N2O3. The number of halogens is 3. The number of carboxylic acid groups (broad SMARTS) is 1. The van der Waals surface area contributed by atoms with E-state index in [1.165, 1.54) is 4.90 Å². The van der Waals surface area contributed by atoms with Gasteiger partial charge in [0.15, 0.2) is 0 Å². The molecule has 0 aliphatic carbocycles. The average molecular weight is 296 g/mol. The summed E-state index contributed by atoms with van der Waals surface area (Å²) in [7, 11) is 0. The molecule has 1 aliphatic rings. The van der Waals surface area contributed by atoms with Gasteiger partial charge in [0.05, 0.1) is 0 Å². The lowest BCUT2D eigenvalue weighted by molar-refractivity contribution is -0.150. The minimum Gasteiger partial charge on any atom is -0.480 e. The van der Waals surface area contributed by atoms with Crippen LogP contribution < -0.4 is 0 Å². The maximum atomic E-state index is 12.4. The molecule has 1 rings (SSSR count). The van der Waals surface area contributed by atoms with Crippen molar-refractivity contribution in [3.63, 3.8) is 0 Å². The Morgan fingerprint density at radius 3 is 2.40 bits per heavy atom. The van der Waals surface area contributed by atoms with Gasteiger partial charge < -0.3 is 14.9 Å². The van der Waals surface area contributed by atoms with Crippen molar-refractivity contribution in [2.24, 2.45) is 5.41 Å². The minimum atomic E-state index is -4.61. The quantitative estimate of drug-likeness (QED) is 0.868. The molecule has 0 aromatic heterocycles. The van der Waals surface area contributed by atoms with E-state index in [1.807, 2.05) is 13.8 Å². The molecule has 0 unspecified atom stereocenters. The number of carbonyl (C=O) groups excluding carboxylic acids is 1. The van der Waals surface area contributed by atoms with Gasteiger partial charge in [-0.3, -0.25) is 4.79 Å². The molecule has 0 atom stereocenters. The van der Waals surface area contributed by atoms with E-state index in [4.69, 9.17) is 5.11 Å². The van der Waals surface area contributed by atoms with Crippen molar-refractivity contribution >= 4 is 12.0 Å². The van der Waals surface area contributed by atoms with Gasteiger partial charge in [0.2, 0.25) is 0 Å². The molecule has 1 aliphatic heterocycles. The van der Waals surface area contributed by atoms with E-state index in [2.05, 4.69) is 0 Å². The second-order valence-corrected chi connectivity index (χ2v) is 5.84. The van der Waals surface area contributed by atoms with Crippen LogP contribution in [0, 0.1) is 5.41 Å². The first-order chi connectivity index (χ1) is 9.00. The lowest BCUT2D eigenvalue weighted by Gasteiger charge is -2.40. The first-order valence-corrected chi connectivity index (χ1v) is 6.33. The fourth-order valence-electron chi connectivity index (χ4n) is 2.36. The zero-order chi connectivity index (χ0) is 15.6. The Morgan fingerprint density at radius 1 is 1.35 bits per heavy atom. The lowest BCUT2D eigenvalue weighted by atomic mass is 9.84. The van der Waals surface area contributed by atoms with Crippen LogP contribution in [0.15, 0.2) is 0 Å². The Hall–Kier alpha value is -1.47. The van der Waals surface area contributed by atoms with Crippen LogP contribution in [0.25, 0.3) is 0 Å². The van der Waals surface area contributed by atoms with Crippen molar-refractivity contribution in [3.8, 4) is 0 Å². The number of urea groups is 1. The highest BCUT2D eigenvalue weighted by Gasteiger charge is 2.37. The molecular weight excluding hydrogens is 277 g/mol. The Morgan fingerprint density at radius 2 is 1.95 bits per heavy atom. The predicted molar refractivity (Wildman–Crippen MR) is 65.2 cm³/mol. The normalized spacial score (nSPS) is 18.8. The minimum absolute atomic E-state index is 0.166. The molecule has 116 valence electrons. The molecule has 20 heavy (non-hydrogen) atoms. The van der Waals surface area contributed by atoms with Crippen LogP contribution in [-0.4, -0.2) is 59.3 Å². The van der Waals surface area contributed by atoms with Crippen LogP contribution in [0.2, 0.25) is 0 Å². The van der Waals surface area contributed by atoms with Crippen LogP contribution in [0.3, 0.4) is 0 Å². The molecule has 0 aromatic rings. The van der Waals surface area contributed by atoms with Gasteiger partial charge in [0.25, 0.3) is 0 Å². The molecule has 1 saturated heterocycles. The van der Waals surface area contributed by atoms with Crippen LogP contribution in [0.4, 0.5) is 18.0 Å². The van der Waals surface area contributed by atoms with Gasteiger partial charge >= 0.3 is 18.2 Å². The summed E-state index contributed by atoms with van der Waals surface area (Å²) >= 11 is 0. The Bertz CT molecular complexity index is 383. The summed E-state index contributed by atoms with van der Waals surface area (Å²) in [6, 6.07) is -0.863. The number of amides is 2. The van der Waals surface area contributed by atoms with E-state index in [1.54, 1.807) is 0 Å². The molecule has 0 bridgehead atoms. The SMILES string of the molecule is CC1(C)CCCN(C(=O)N(CC(=O)O)CC(F)(F)F)C1. The van der Waals surface area contributed by atoms with E-state index in [9.17, 15) is 22.8 Å². The van der Waals surface area contributed by atoms with Gasteiger partial charge in [-0.15, -0.1) is 0 Å². The number of hydrogen-bond acceptors (Lipinski definition) is 2. The first-order valence-electron chi connectivity index (χ1n) is 6.33. The van der Waals surface area contributed by atoms with E-state index in [-0.39, 0.29) is 5.41 Å². The number of alkyl halides is 3. The average Bonchev–Trinajstić information content (AvgIpc) is 2.23. The number of carboxylic acids is 1. The van der Waals surface area contributed by atoms with Gasteiger partial charge in [-0.05, 0) is 18.3 Å². The predicted octanol–water partition coefficient (Wildman–Crippen LogP) is 2.18. The fraction of sp³-hybridized carbons (Fsp3) is 0.833. The number of hydrogen-bond donors (Lipinski definition) is 1. The molecule has 2 amide bonds. The summed E-state index contributed by atoms with van der Waals surface area (Å²) in [5, 5.41) is 8.65. The topological polar surface area (TPSA) is 60.9 Å². The molecule has 1 fully saturated rings. The van der Waals surface area contributed by atoms with Crippen LogP contribution in [0.5, 0.6) is 0 Å². The first kappa shape index (κ1) is 16.6. The molecule has 5 nitrogen and oxygen atoms in total. The van der Waals surface area contributed by atoms with Crippen molar-refractivity contribution < 1.29 is 27.9 Å². The standard InChI is InChI=1S/C12H19F3N2O3/c1-11(2)4-3-5-16(7-11)10(20)17(6-9(18)19)8-12(13,14)15/h3-8H2,1-2H3,(H,18,19). The number of aliphatic carboxylic acids is 1. The Kier molecular flexibility index (Phi) is 4.88. The highest BCUT2D eigenvalue weighted by Crippen LogP contribution is 2.29. The smallest absolute Gasteiger partial charge is 0.406 e. The zero-order valence-electron chi connectivity index (χ0n) is 11.5. The summed E-state index contributed by atoms with van der Waals surface area (Å²) in [4.78, 5) is 24.4. The van der Waals surface area contributed by atoms with E-state index in [0.29, 0.717) is 24.4 Å². The zero-order valence-corrected chi connectivity index (χ0v) is 11.5. The van der Waals surface area contributed by atoms with Crippen molar-refractivity contribution in [3.05, 3.63) is 0 Å². The van der Waals surface area contributed by atoms with Gasteiger partial charge in [-0.25, -0.2) is 4.79 Å². The van der Waals surface area contributed by atoms with Gasteiger partial charge in [-0.1, -0.05) is 13.8 Å². The molecule has 0 spiro atoms. The molecule has 8 heteroatoms. The lowest BCUT2D eigenvalue weighted by Crippen LogP contribution is -2.52. The monoisotopic (exact) mass is 296 g/mol. The number of nitrogens with zero attached hydrogens (tertiary/aromatic N) is 2. The molecule has 1 N–H and O–H groups in total. The van der Waals surface area contributed by atoms with Crippen molar-refractivity contribution in [1.29, 1.82) is 0 Å². The van der Waals surface area contributed by atoms with E-state index >= 15 is 0 Å². The third kappa shape index (κ3) is 5.26.